The van der Waals surface area contributed by atoms with Crippen LogP contribution in [0.5, 0.6) is 0 Å². The molecule has 6 rings (SSSR count). The number of nitrogens with one attached hydrogen (secondary N) is 2. The lowest BCUT2D eigenvalue weighted by atomic mass is 10.1. The van der Waals surface area contributed by atoms with Gasteiger partial charge >= 0.3 is 0 Å². The van der Waals surface area contributed by atoms with E-state index in [1.54, 1.807) is 0 Å². The first-order valence-corrected chi connectivity index (χ1v) is 10.7. The minimum absolute atomic E-state index is 0.00315. The van der Waals surface area contributed by atoms with Crippen LogP contribution >= 0.6 is 0 Å². The Balaban J connectivity index is 1.42. The van der Waals surface area contributed by atoms with Crippen molar-refractivity contribution in [1.82, 2.24) is 19.7 Å². The molecule has 2 aromatic heterocycles. The fourth-order valence-electron chi connectivity index (χ4n) is 3.85. The summed E-state index contributed by atoms with van der Waals surface area (Å²) in [5.41, 5.74) is 5.50. The normalized spacial score (nSPS) is 16.1. The maximum absolute atomic E-state index is 12.3. The van der Waals surface area contributed by atoms with Gasteiger partial charge in [-0.25, -0.2) is 9.97 Å². The quantitative estimate of drug-likeness (QED) is 0.510. The van der Waals surface area contributed by atoms with Crippen molar-refractivity contribution in [2.75, 3.05) is 11.9 Å². The summed E-state index contributed by atoms with van der Waals surface area (Å²) in [7, 11) is 0. The molecule has 2 heterocycles. The SMILES string of the molecule is O=C(NC1CC1)c1ccc(-c2cnc3c(NCC4CC4)nc4ccccc4n23)cc1. The molecule has 0 aliphatic heterocycles. The average molecular weight is 397 g/mol. The lowest BCUT2D eigenvalue weighted by molar-refractivity contribution is 0.0951. The molecule has 2 fully saturated rings. The van der Waals surface area contributed by atoms with Gasteiger partial charge in [-0.1, -0.05) is 24.3 Å². The van der Waals surface area contributed by atoms with E-state index in [9.17, 15) is 4.79 Å². The summed E-state index contributed by atoms with van der Waals surface area (Å²) in [5.74, 6) is 1.58. The summed E-state index contributed by atoms with van der Waals surface area (Å²) in [6.07, 6.45) is 6.65. The molecule has 30 heavy (non-hydrogen) atoms. The Hall–Kier alpha value is -3.41. The molecular weight excluding hydrogens is 374 g/mol. The first-order chi connectivity index (χ1) is 14.8. The maximum Gasteiger partial charge on any atom is 0.251 e. The average Bonchev–Trinajstić information content (AvgIpc) is 3.71. The van der Waals surface area contributed by atoms with Gasteiger partial charge in [0.1, 0.15) is 0 Å². The number of nitrogens with zero attached hydrogens (tertiary/aromatic N) is 3. The number of amides is 1. The third kappa shape index (κ3) is 3.18. The summed E-state index contributed by atoms with van der Waals surface area (Å²) in [6.45, 7) is 0.938. The van der Waals surface area contributed by atoms with E-state index < -0.39 is 0 Å². The van der Waals surface area contributed by atoms with Gasteiger partial charge in [-0.15, -0.1) is 0 Å². The molecule has 0 unspecified atom stereocenters. The number of aromatic nitrogens is 3. The second kappa shape index (κ2) is 6.83. The van der Waals surface area contributed by atoms with Gasteiger partial charge in [0.05, 0.1) is 22.9 Å². The number of rotatable bonds is 6. The summed E-state index contributed by atoms with van der Waals surface area (Å²) in [5, 5.41) is 6.55. The van der Waals surface area contributed by atoms with E-state index in [-0.39, 0.29) is 5.91 Å². The molecule has 1 amide bonds. The van der Waals surface area contributed by atoms with Crippen molar-refractivity contribution in [3.8, 4) is 11.3 Å². The summed E-state index contributed by atoms with van der Waals surface area (Å²) in [6, 6.07) is 16.3. The van der Waals surface area contributed by atoms with Crippen LogP contribution in [0.2, 0.25) is 0 Å². The molecule has 6 heteroatoms. The van der Waals surface area contributed by atoms with Gasteiger partial charge in [0, 0.05) is 23.7 Å². The van der Waals surface area contributed by atoms with E-state index in [4.69, 9.17) is 9.97 Å². The van der Waals surface area contributed by atoms with Crippen molar-refractivity contribution >= 4 is 28.4 Å². The smallest absolute Gasteiger partial charge is 0.251 e. The van der Waals surface area contributed by atoms with Crippen LogP contribution in [0.3, 0.4) is 0 Å². The lowest BCUT2D eigenvalue weighted by Crippen LogP contribution is -2.25. The molecule has 0 bridgehead atoms. The lowest BCUT2D eigenvalue weighted by Gasteiger charge is -2.11. The molecule has 2 saturated carbocycles. The Morgan fingerprint density at radius 3 is 2.60 bits per heavy atom. The third-order valence-corrected chi connectivity index (χ3v) is 5.94. The number of fused-ring (bicyclic) bond motifs is 3. The molecule has 4 aromatic rings. The van der Waals surface area contributed by atoms with Gasteiger partial charge in [0.2, 0.25) is 0 Å². The van der Waals surface area contributed by atoms with Crippen LogP contribution in [0.1, 0.15) is 36.0 Å². The van der Waals surface area contributed by atoms with Gasteiger partial charge in [-0.3, -0.25) is 9.20 Å². The fourth-order valence-corrected chi connectivity index (χ4v) is 3.85. The molecule has 0 atom stereocenters. The molecule has 2 aliphatic carbocycles. The maximum atomic E-state index is 12.3. The number of anilines is 1. The van der Waals surface area contributed by atoms with E-state index in [0.717, 1.165) is 59.1 Å². The van der Waals surface area contributed by atoms with Gasteiger partial charge in [0.25, 0.3) is 5.91 Å². The van der Waals surface area contributed by atoms with Gasteiger partial charge in [0.15, 0.2) is 11.5 Å². The van der Waals surface area contributed by atoms with Crippen molar-refractivity contribution in [3.63, 3.8) is 0 Å². The Kier molecular flexibility index (Phi) is 3.97. The fraction of sp³-hybridized carbons (Fsp3) is 0.292. The van der Waals surface area contributed by atoms with E-state index in [0.29, 0.717) is 11.6 Å². The molecule has 6 nitrogen and oxygen atoms in total. The van der Waals surface area contributed by atoms with E-state index in [1.165, 1.54) is 12.8 Å². The van der Waals surface area contributed by atoms with Crippen molar-refractivity contribution < 1.29 is 4.79 Å². The number of para-hydroxylation sites is 2. The minimum atomic E-state index is 0.00315. The van der Waals surface area contributed by atoms with Crippen LogP contribution in [0.25, 0.3) is 27.9 Å². The number of hydrogen-bond donors (Lipinski definition) is 2. The summed E-state index contributed by atoms with van der Waals surface area (Å²) >= 11 is 0. The highest BCUT2D eigenvalue weighted by Crippen LogP contribution is 2.31. The van der Waals surface area contributed by atoms with Crippen molar-refractivity contribution in [1.29, 1.82) is 0 Å². The van der Waals surface area contributed by atoms with Gasteiger partial charge < -0.3 is 10.6 Å². The standard InChI is InChI=1S/C24H23N5O/c30-24(27-18-11-12-18)17-9-7-16(8-10-17)21-14-26-23-22(25-13-15-5-6-15)28-19-3-1-2-4-20(19)29(21)23/h1-4,7-10,14-15,18H,5-6,11-13H2,(H,25,28)(H,27,30). The second-order valence-corrected chi connectivity index (χ2v) is 8.40. The van der Waals surface area contributed by atoms with E-state index in [2.05, 4.69) is 21.1 Å². The molecule has 2 N–H and O–H groups in total. The summed E-state index contributed by atoms with van der Waals surface area (Å²) < 4.78 is 2.16. The van der Waals surface area contributed by atoms with Crippen LogP contribution in [-0.2, 0) is 0 Å². The predicted molar refractivity (Wildman–Crippen MR) is 118 cm³/mol. The van der Waals surface area contributed by atoms with Gasteiger partial charge in [-0.05, 0) is 55.9 Å². The second-order valence-electron chi connectivity index (χ2n) is 8.40. The monoisotopic (exact) mass is 397 g/mol. The van der Waals surface area contributed by atoms with Crippen LogP contribution in [0, 0.1) is 5.92 Å². The van der Waals surface area contributed by atoms with Gasteiger partial charge in [-0.2, -0.15) is 0 Å². The first-order valence-electron chi connectivity index (χ1n) is 10.7. The molecule has 150 valence electrons. The highest BCUT2D eigenvalue weighted by molar-refractivity contribution is 5.95. The number of carbonyl (C=O) groups is 1. The first kappa shape index (κ1) is 17.4. The number of imidazole rings is 1. The molecule has 0 saturated heterocycles. The van der Waals surface area contributed by atoms with Crippen LogP contribution in [0.4, 0.5) is 5.82 Å². The highest BCUT2D eigenvalue weighted by atomic mass is 16.1. The molecule has 0 radical (unpaired) electrons. The number of benzene rings is 2. The zero-order valence-corrected chi connectivity index (χ0v) is 16.6. The Morgan fingerprint density at radius 2 is 1.83 bits per heavy atom. The largest absolute Gasteiger partial charge is 0.367 e. The molecule has 2 aliphatic rings. The predicted octanol–water partition coefficient (Wildman–Crippen LogP) is 4.26. The van der Waals surface area contributed by atoms with Crippen LogP contribution in [-0.4, -0.2) is 32.9 Å². The number of hydrogen-bond acceptors (Lipinski definition) is 4. The Labute approximate surface area is 174 Å². The topological polar surface area (TPSA) is 71.3 Å². The van der Waals surface area contributed by atoms with Crippen molar-refractivity contribution in [2.24, 2.45) is 5.92 Å². The summed E-state index contributed by atoms with van der Waals surface area (Å²) in [4.78, 5) is 21.9. The van der Waals surface area contributed by atoms with E-state index >= 15 is 0 Å². The molecule has 0 spiro atoms. The third-order valence-electron chi connectivity index (χ3n) is 5.94. The highest BCUT2D eigenvalue weighted by Gasteiger charge is 2.24. The molecule has 2 aromatic carbocycles. The Bertz CT molecular complexity index is 1250. The Morgan fingerprint density at radius 1 is 1.03 bits per heavy atom. The van der Waals surface area contributed by atoms with Crippen LogP contribution < -0.4 is 10.6 Å². The molecular formula is C24H23N5O. The van der Waals surface area contributed by atoms with Crippen molar-refractivity contribution in [3.05, 3.63) is 60.3 Å². The van der Waals surface area contributed by atoms with Crippen LogP contribution in [0.15, 0.2) is 54.7 Å². The zero-order valence-electron chi connectivity index (χ0n) is 16.6. The zero-order chi connectivity index (χ0) is 20.1. The number of carbonyl (C=O) groups excluding carboxylic acids is 1. The van der Waals surface area contributed by atoms with E-state index in [1.807, 2.05) is 48.7 Å². The van der Waals surface area contributed by atoms with Crippen molar-refractivity contribution in [2.45, 2.75) is 31.7 Å². The minimum Gasteiger partial charge on any atom is -0.367 e.